The van der Waals surface area contributed by atoms with Crippen molar-refractivity contribution >= 4 is 11.8 Å². The van der Waals surface area contributed by atoms with Crippen LogP contribution in [0.2, 0.25) is 0 Å². The molecule has 1 radical (unpaired) electrons. The van der Waals surface area contributed by atoms with Crippen LogP contribution in [0.3, 0.4) is 0 Å². The van der Waals surface area contributed by atoms with Gasteiger partial charge < -0.3 is 4.74 Å². The van der Waals surface area contributed by atoms with Gasteiger partial charge >= 0.3 is 6.09 Å². The van der Waals surface area contributed by atoms with Crippen molar-refractivity contribution in [1.29, 1.82) is 0 Å². The minimum Gasteiger partial charge on any atom is -0.410 e. The van der Waals surface area contributed by atoms with E-state index in [1.165, 1.54) is 0 Å². The van der Waals surface area contributed by atoms with Gasteiger partial charge in [0.2, 0.25) is 0 Å². The number of carbonyl (C=O) groups excluding carboxylic acids is 1. The number of benzene rings is 2. The largest absolute Gasteiger partial charge is 0.417 e. The van der Waals surface area contributed by atoms with Gasteiger partial charge in [-0.15, -0.1) is 0 Å². The minimum absolute atomic E-state index is 0.497. The summed E-state index contributed by atoms with van der Waals surface area (Å²) in [6.45, 7) is 3.81. The maximum Gasteiger partial charge on any atom is 0.417 e. The van der Waals surface area contributed by atoms with Crippen LogP contribution in [0, 0.1) is 19.9 Å². The Kier molecular flexibility index (Phi) is 3.63. The standard InChI is InChI=1S/C15H14NO2/c1-11-6-5-8-13(10-11)16-15(17)18-14-9-4-3-7-12(14)2/h3-6,8-10H,1-2H3,(H,16,17). The maximum atomic E-state index is 11.7. The normalized spacial score (nSPS) is 9.89. The zero-order valence-corrected chi connectivity index (χ0v) is 10.4. The van der Waals surface area contributed by atoms with Crippen molar-refractivity contribution in [2.24, 2.45) is 0 Å². The van der Waals surface area contributed by atoms with Crippen LogP contribution in [0.25, 0.3) is 0 Å². The number of rotatable bonds is 2. The Labute approximate surface area is 106 Å². The molecule has 2 rings (SSSR count). The van der Waals surface area contributed by atoms with Crippen molar-refractivity contribution in [3.05, 3.63) is 59.7 Å². The molecular weight excluding hydrogens is 226 g/mol. The number of aryl methyl sites for hydroxylation is 2. The summed E-state index contributed by atoms with van der Waals surface area (Å²) >= 11 is 0. The Morgan fingerprint density at radius 2 is 2.06 bits per heavy atom. The summed E-state index contributed by atoms with van der Waals surface area (Å²) in [6.07, 6.45) is -0.497. The Bertz CT molecular complexity index is 564. The van der Waals surface area contributed by atoms with Crippen LogP contribution in [-0.2, 0) is 0 Å². The molecule has 0 aromatic heterocycles. The second-order valence-electron chi connectivity index (χ2n) is 4.04. The van der Waals surface area contributed by atoms with Gasteiger partial charge in [0.05, 0.1) is 0 Å². The van der Waals surface area contributed by atoms with E-state index in [4.69, 9.17) is 4.74 Å². The van der Waals surface area contributed by atoms with Crippen LogP contribution in [-0.4, -0.2) is 6.09 Å². The van der Waals surface area contributed by atoms with Crippen LogP contribution in [0.1, 0.15) is 11.1 Å². The lowest BCUT2D eigenvalue weighted by atomic mass is 10.2. The first-order valence-electron chi connectivity index (χ1n) is 5.68. The van der Waals surface area contributed by atoms with Crippen molar-refractivity contribution in [3.63, 3.8) is 0 Å². The van der Waals surface area contributed by atoms with Gasteiger partial charge in [-0.1, -0.05) is 24.3 Å². The zero-order valence-electron chi connectivity index (χ0n) is 10.4. The average Bonchev–Trinajstić information content (AvgIpc) is 2.32. The molecule has 0 aliphatic carbocycles. The van der Waals surface area contributed by atoms with Crippen LogP contribution in [0.15, 0.2) is 42.5 Å². The summed E-state index contributed by atoms with van der Waals surface area (Å²) in [5.74, 6) is 0.516. The van der Waals surface area contributed by atoms with Crippen LogP contribution in [0.5, 0.6) is 5.75 Å². The molecule has 18 heavy (non-hydrogen) atoms. The quantitative estimate of drug-likeness (QED) is 0.868. The molecule has 0 fully saturated rings. The van der Waals surface area contributed by atoms with Gasteiger partial charge in [0.15, 0.2) is 0 Å². The maximum absolute atomic E-state index is 11.7. The fraction of sp³-hybridized carbons (Fsp3) is 0.133. The fourth-order valence-electron chi connectivity index (χ4n) is 1.58. The molecule has 0 atom stereocenters. The molecule has 0 saturated heterocycles. The molecule has 0 heterocycles. The SMILES string of the molecule is Cc1cccc(NC(=O)Oc2ccc[c]c2C)c1. The van der Waals surface area contributed by atoms with E-state index in [0.29, 0.717) is 5.75 Å². The molecule has 91 valence electrons. The molecule has 0 spiro atoms. The molecule has 3 heteroatoms. The summed E-state index contributed by atoms with van der Waals surface area (Å²) in [4.78, 5) is 11.7. The van der Waals surface area contributed by atoms with E-state index >= 15 is 0 Å². The predicted octanol–water partition coefficient (Wildman–Crippen LogP) is 3.71. The Hall–Kier alpha value is -2.29. The molecule has 0 unspecified atom stereocenters. The lowest BCUT2D eigenvalue weighted by molar-refractivity contribution is 0.215. The predicted molar refractivity (Wildman–Crippen MR) is 70.8 cm³/mol. The number of amides is 1. The van der Waals surface area contributed by atoms with Gasteiger partial charge in [-0.2, -0.15) is 0 Å². The second-order valence-corrected chi connectivity index (χ2v) is 4.04. The Balaban J connectivity index is 2.03. The third-order valence-corrected chi connectivity index (χ3v) is 2.48. The minimum atomic E-state index is -0.497. The number of hydrogen-bond donors (Lipinski definition) is 1. The lowest BCUT2D eigenvalue weighted by Crippen LogP contribution is -2.17. The van der Waals surface area contributed by atoms with Gasteiger partial charge in [-0.25, -0.2) is 4.79 Å². The van der Waals surface area contributed by atoms with E-state index < -0.39 is 6.09 Å². The van der Waals surface area contributed by atoms with Gasteiger partial charge in [-0.05, 0) is 49.2 Å². The molecule has 0 aliphatic rings. The molecule has 0 saturated carbocycles. The third kappa shape index (κ3) is 3.10. The highest BCUT2D eigenvalue weighted by molar-refractivity contribution is 5.86. The highest BCUT2D eigenvalue weighted by Gasteiger charge is 2.06. The summed E-state index contributed by atoms with van der Waals surface area (Å²) in [6, 6.07) is 15.8. The van der Waals surface area contributed by atoms with E-state index in [1.807, 2.05) is 38.1 Å². The van der Waals surface area contributed by atoms with Gasteiger partial charge in [-0.3, -0.25) is 5.32 Å². The molecule has 1 N–H and O–H groups in total. The van der Waals surface area contributed by atoms with E-state index in [9.17, 15) is 4.79 Å². The molecule has 1 amide bonds. The molecule has 3 nitrogen and oxygen atoms in total. The van der Waals surface area contributed by atoms with Gasteiger partial charge in [0.1, 0.15) is 5.75 Å². The fourth-order valence-corrected chi connectivity index (χ4v) is 1.58. The molecule has 2 aromatic rings. The summed E-state index contributed by atoms with van der Waals surface area (Å²) in [5, 5.41) is 2.68. The van der Waals surface area contributed by atoms with E-state index in [1.54, 1.807) is 18.2 Å². The molecular formula is C15H14NO2. The van der Waals surface area contributed by atoms with E-state index in [0.717, 1.165) is 16.8 Å². The first-order chi connectivity index (χ1) is 8.65. The summed E-state index contributed by atoms with van der Waals surface area (Å²) < 4.78 is 5.21. The number of nitrogens with one attached hydrogen (secondary N) is 1. The zero-order chi connectivity index (χ0) is 13.0. The number of hydrogen-bond acceptors (Lipinski definition) is 2. The summed E-state index contributed by atoms with van der Waals surface area (Å²) in [5.41, 5.74) is 2.60. The van der Waals surface area contributed by atoms with Crippen molar-refractivity contribution in [2.75, 3.05) is 5.32 Å². The first kappa shape index (κ1) is 12.2. The molecule has 2 aromatic carbocycles. The topological polar surface area (TPSA) is 38.3 Å². The third-order valence-electron chi connectivity index (χ3n) is 2.48. The first-order valence-corrected chi connectivity index (χ1v) is 5.68. The highest BCUT2D eigenvalue weighted by Crippen LogP contribution is 2.17. The smallest absolute Gasteiger partial charge is 0.410 e. The lowest BCUT2D eigenvalue weighted by Gasteiger charge is -2.08. The monoisotopic (exact) mass is 240 g/mol. The van der Waals surface area contributed by atoms with E-state index in [-0.39, 0.29) is 0 Å². The van der Waals surface area contributed by atoms with Crippen LogP contribution >= 0.6 is 0 Å². The summed E-state index contributed by atoms with van der Waals surface area (Å²) in [7, 11) is 0. The van der Waals surface area contributed by atoms with E-state index in [2.05, 4.69) is 11.4 Å². The van der Waals surface area contributed by atoms with Crippen molar-refractivity contribution in [3.8, 4) is 5.75 Å². The van der Waals surface area contributed by atoms with Gasteiger partial charge in [0.25, 0.3) is 0 Å². The van der Waals surface area contributed by atoms with Crippen LogP contribution < -0.4 is 10.1 Å². The van der Waals surface area contributed by atoms with Gasteiger partial charge in [0, 0.05) is 5.69 Å². The van der Waals surface area contributed by atoms with Crippen LogP contribution in [0.4, 0.5) is 10.5 Å². The van der Waals surface area contributed by atoms with Crippen molar-refractivity contribution in [2.45, 2.75) is 13.8 Å². The molecule has 0 bridgehead atoms. The number of ether oxygens (including phenoxy) is 1. The second kappa shape index (κ2) is 5.36. The Morgan fingerprint density at radius 1 is 1.22 bits per heavy atom. The number of carbonyl (C=O) groups is 1. The molecule has 0 aliphatic heterocycles. The Morgan fingerprint density at radius 3 is 2.78 bits per heavy atom. The highest BCUT2D eigenvalue weighted by atomic mass is 16.6. The van der Waals surface area contributed by atoms with Crippen molar-refractivity contribution < 1.29 is 9.53 Å². The number of anilines is 1. The van der Waals surface area contributed by atoms with Crippen molar-refractivity contribution in [1.82, 2.24) is 0 Å². The average molecular weight is 240 g/mol.